The predicted octanol–water partition coefficient (Wildman–Crippen LogP) is 4.04. The average molecular weight is 375 g/mol. The lowest BCUT2D eigenvalue weighted by Gasteiger charge is -2.21. The molecule has 3 rings (SSSR count). The zero-order chi connectivity index (χ0) is 19.3. The molecule has 6 nitrogen and oxygen atoms in total. The largest absolute Gasteiger partial charge is 0.459 e. The highest BCUT2D eigenvalue weighted by atomic mass is 32.2. The van der Waals surface area contributed by atoms with Crippen LogP contribution in [0.15, 0.2) is 39.6 Å². The van der Waals surface area contributed by atoms with E-state index in [2.05, 4.69) is 9.82 Å². The molecular weight excluding hydrogens is 350 g/mol. The van der Waals surface area contributed by atoms with Crippen LogP contribution in [0.1, 0.15) is 50.9 Å². The van der Waals surface area contributed by atoms with Gasteiger partial charge in [-0.1, -0.05) is 18.2 Å². The Morgan fingerprint density at radius 1 is 1.19 bits per heavy atom. The van der Waals surface area contributed by atoms with Gasteiger partial charge in [-0.3, -0.25) is 4.68 Å². The van der Waals surface area contributed by atoms with Gasteiger partial charge in [0.05, 0.1) is 23.0 Å². The van der Waals surface area contributed by atoms with E-state index >= 15 is 0 Å². The molecule has 0 amide bonds. The molecule has 0 saturated carbocycles. The maximum atomic E-state index is 13.0. The Balaban J connectivity index is 1.95. The first-order chi connectivity index (χ1) is 12.0. The van der Waals surface area contributed by atoms with Crippen LogP contribution in [0.5, 0.6) is 0 Å². The Kier molecular flexibility index (Phi) is 4.48. The van der Waals surface area contributed by atoms with Gasteiger partial charge in [-0.25, -0.2) is 13.1 Å². The lowest BCUT2D eigenvalue weighted by Crippen LogP contribution is -2.28. The second-order valence-electron chi connectivity index (χ2n) is 7.61. The smallest absolute Gasteiger partial charge is 0.244 e. The Bertz CT molecular complexity index is 1020. The van der Waals surface area contributed by atoms with Crippen LogP contribution in [0.3, 0.4) is 0 Å². The van der Waals surface area contributed by atoms with Crippen molar-refractivity contribution in [1.82, 2.24) is 14.5 Å². The molecular formula is C19H25N3O3S. The number of aromatic nitrogens is 2. The number of para-hydroxylation sites is 1. The summed E-state index contributed by atoms with van der Waals surface area (Å²) in [4.78, 5) is 0.232. The third-order valence-corrected chi connectivity index (χ3v) is 6.12. The van der Waals surface area contributed by atoms with Gasteiger partial charge in [0.25, 0.3) is 0 Å². The third kappa shape index (κ3) is 3.29. The quantitative estimate of drug-likeness (QED) is 0.746. The Morgan fingerprint density at radius 2 is 1.85 bits per heavy atom. The summed E-state index contributed by atoms with van der Waals surface area (Å²) in [7, 11) is -3.74. The Labute approximate surface area is 154 Å². The van der Waals surface area contributed by atoms with E-state index < -0.39 is 16.1 Å². The Morgan fingerprint density at radius 3 is 2.42 bits per heavy atom. The van der Waals surface area contributed by atoms with Crippen LogP contribution in [-0.2, 0) is 15.6 Å². The molecule has 0 aliphatic rings. The van der Waals surface area contributed by atoms with Crippen molar-refractivity contribution in [3.05, 3.63) is 47.5 Å². The fraction of sp³-hybridized carbons (Fsp3) is 0.421. The van der Waals surface area contributed by atoms with Gasteiger partial charge in [0, 0.05) is 5.39 Å². The number of aryl methyl sites for hydroxylation is 1. The van der Waals surface area contributed by atoms with Crippen molar-refractivity contribution in [1.29, 1.82) is 0 Å². The second kappa shape index (κ2) is 6.25. The number of rotatable bonds is 4. The van der Waals surface area contributed by atoms with Crippen molar-refractivity contribution in [2.75, 3.05) is 0 Å². The van der Waals surface area contributed by atoms with Gasteiger partial charge < -0.3 is 4.42 Å². The molecule has 2 aromatic heterocycles. The zero-order valence-corrected chi connectivity index (χ0v) is 16.8. The van der Waals surface area contributed by atoms with E-state index in [0.29, 0.717) is 17.1 Å². The van der Waals surface area contributed by atoms with E-state index in [4.69, 9.17) is 4.42 Å². The fourth-order valence-electron chi connectivity index (χ4n) is 3.24. The van der Waals surface area contributed by atoms with E-state index in [0.717, 1.165) is 11.0 Å². The number of nitrogens with zero attached hydrogens (tertiary/aromatic N) is 2. The van der Waals surface area contributed by atoms with E-state index in [1.165, 1.54) is 0 Å². The predicted molar refractivity (Wildman–Crippen MR) is 102 cm³/mol. The molecule has 0 saturated heterocycles. The summed E-state index contributed by atoms with van der Waals surface area (Å²) in [6.45, 7) is 11.3. The first-order valence-corrected chi connectivity index (χ1v) is 10.1. The van der Waals surface area contributed by atoms with E-state index in [9.17, 15) is 8.42 Å². The number of furan rings is 1. The molecule has 0 aliphatic carbocycles. The molecule has 0 aliphatic heterocycles. The highest BCUT2D eigenvalue weighted by Gasteiger charge is 2.30. The Hall–Kier alpha value is -2.12. The molecule has 1 atom stereocenters. The van der Waals surface area contributed by atoms with Crippen molar-refractivity contribution in [2.24, 2.45) is 0 Å². The molecule has 26 heavy (non-hydrogen) atoms. The normalized spacial score (nSPS) is 14.1. The molecule has 2 heterocycles. The van der Waals surface area contributed by atoms with E-state index in [1.807, 2.05) is 51.1 Å². The van der Waals surface area contributed by atoms with E-state index in [1.54, 1.807) is 25.5 Å². The van der Waals surface area contributed by atoms with Crippen LogP contribution in [0.4, 0.5) is 0 Å². The molecule has 140 valence electrons. The maximum Gasteiger partial charge on any atom is 0.244 e. The SMILES string of the molecule is Cc1nn(C(C)(C)C)c(C)c1S(=O)(=O)NC(C)c1cc2ccccc2o1. The van der Waals surface area contributed by atoms with Gasteiger partial charge >= 0.3 is 0 Å². The van der Waals surface area contributed by atoms with Crippen LogP contribution >= 0.6 is 0 Å². The van der Waals surface area contributed by atoms with Crippen LogP contribution < -0.4 is 4.72 Å². The van der Waals surface area contributed by atoms with E-state index in [-0.39, 0.29) is 10.4 Å². The second-order valence-corrected chi connectivity index (χ2v) is 9.26. The van der Waals surface area contributed by atoms with Gasteiger partial charge in [0.15, 0.2) is 0 Å². The molecule has 3 aromatic rings. The summed E-state index contributed by atoms with van der Waals surface area (Å²) >= 11 is 0. The van der Waals surface area contributed by atoms with Gasteiger partial charge in [-0.2, -0.15) is 5.10 Å². The van der Waals surface area contributed by atoms with Gasteiger partial charge in [0.1, 0.15) is 16.2 Å². The average Bonchev–Trinajstić information content (AvgIpc) is 3.07. The minimum Gasteiger partial charge on any atom is -0.459 e. The van der Waals surface area contributed by atoms with Crippen molar-refractivity contribution in [2.45, 2.75) is 58.0 Å². The van der Waals surface area contributed by atoms with Crippen LogP contribution in [-0.4, -0.2) is 18.2 Å². The number of benzene rings is 1. The first-order valence-electron chi connectivity index (χ1n) is 8.58. The van der Waals surface area contributed by atoms with Gasteiger partial charge in [0.2, 0.25) is 10.0 Å². The van der Waals surface area contributed by atoms with Crippen molar-refractivity contribution < 1.29 is 12.8 Å². The molecule has 1 unspecified atom stereocenters. The van der Waals surface area contributed by atoms with Crippen LogP contribution in [0.2, 0.25) is 0 Å². The maximum absolute atomic E-state index is 13.0. The standard InChI is InChI=1S/C19H25N3O3S/c1-12(17-11-15-9-7-8-10-16(15)25-17)21-26(23,24)18-13(2)20-22(14(18)3)19(4,5)6/h7-12,21H,1-6H3. The molecule has 0 spiro atoms. The minimum absolute atomic E-state index is 0.232. The number of nitrogens with one attached hydrogen (secondary N) is 1. The summed E-state index contributed by atoms with van der Waals surface area (Å²) in [5, 5.41) is 5.38. The molecule has 0 radical (unpaired) electrons. The monoisotopic (exact) mass is 375 g/mol. The summed E-state index contributed by atoms with van der Waals surface area (Å²) in [5.41, 5.74) is 1.55. The van der Waals surface area contributed by atoms with Crippen LogP contribution in [0.25, 0.3) is 11.0 Å². The fourth-order valence-corrected chi connectivity index (χ4v) is 4.84. The lowest BCUT2D eigenvalue weighted by molar-refractivity contribution is 0.345. The molecule has 1 N–H and O–H groups in total. The van der Waals surface area contributed by atoms with Gasteiger partial charge in [-0.15, -0.1) is 0 Å². The first kappa shape index (κ1) is 18.7. The number of sulfonamides is 1. The molecule has 1 aromatic carbocycles. The van der Waals surface area contributed by atoms with Gasteiger partial charge in [-0.05, 0) is 53.7 Å². The summed E-state index contributed by atoms with van der Waals surface area (Å²) in [6, 6.07) is 8.97. The van der Waals surface area contributed by atoms with Crippen LogP contribution in [0, 0.1) is 13.8 Å². The molecule has 7 heteroatoms. The summed E-state index contributed by atoms with van der Waals surface area (Å²) in [6.07, 6.45) is 0. The summed E-state index contributed by atoms with van der Waals surface area (Å²) in [5.74, 6) is 0.577. The highest BCUT2D eigenvalue weighted by Crippen LogP contribution is 2.28. The van der Waals surface area contributed by atoms with Crippen molar-refractivity contribution in [3.8, 4) is 0 Å². The number of hydrogen-bond donors (Lipinski definition) is 1. The lowest BCUT2D eigenvalue weighted by atomic mass is 10.1. The van der Waals surface area contributed by atoms with Crippen molar-refractivity contribution >= 4 is 21.0 Å². The topological polar surface area (TPSA) is 77.1 Å². The third-order valence-electron chi connectivity index (χ3n) is 4.33. The zero-order valence-electron chi connectivity index (χ0n) is 16.0. The summed E-state index contributed by atoms with van der Waals surface area (Å²) < 4.78 is 36.3. The molecule has 0 bridgehead atoms. The van der Waals surface area contributed by atoms with Crippen molar-refractivity contribution in [3.63, 3.8) is 0 Å². The number of fused-ring (bicyclic) bond motifs is 1. The minimum atomic E-state index is -3.74. The molecule has 0 fully saturated rings. The highest BCUT2D eigenvalue weighted by molar-refractivity contribution is 7.89. The number of hydrogen-bond acceptors (Lipinski definition) is 4.